The van der Waals surface area contributed by atoms with Crippen molar-refractivity contribution in [3.8, 4) is 0 Å². The molecule has 0 bridgehead atoms. The molecule has 0 rings (SSSR count). The van der Waals surface area contributed by atoms with Gasteiger partial charge in [-0.3, -0.25) is 14.4 Å². The van der Waals surface area contributed by atoms with E-state index in [1.54, 1.807) is 0 Å². The maximum atomic E-state index is 10.2. The molecule has 1 radical (unpaired) electrons. The zero-order valence-corrected chi connectivity index (χ0v) is 32.5. The average molecular weight is 740 g/mol. The van der Waals surface area contributed by atoms with Crippen molar-refractivity contribution in [3.63, 3.8) is 0 Å². The molecule has 6 nitrogen and oxygen atoms in total. The molecule has 0 saturated carbocycles. The second kappa shape index (κ2) is 46.0. The summed E-state index contributed by atoms with van der Waals surface area (Å²) in [5.74, 6) is -1.98. The molecule has 0 unspecified atom stereocenters. The molecule has 3 N–H and O–H groups in total. The Balaban J connectivity index is -0.000000262. The molecule has 0 saturated heterocycles. The molecule has 0 aliphatic rings. The summed E-state index contributed by atoms with van der Waals surface area (Å²) < 4.78 is 0. The molecule has 0 aliphatic heterocycles. The standard InChI is InChI=1S/3C12H24O2.La/c3*1-2-3-4-5-6-7-8-9-10-11-12(13)14;/h3*2-11H2,1H3,(H,13,14);. The van der Waals surface area contributed by atoms with E-state index in [0.29, 0.717) is 19.3 Å². The normalized spacial score (nSPS) is 10.1. The van der Waals surface area contributed by atoms with E-state index in [2.05, 4.69) is 20.8 Å². The maximum Gasteiger partial charge on any atom is 0.303 e. The van der Waals surface area contributed by atoms with E-state index in [0.717, 1.165) is 38.5 Å². The van der Waals surface area contributed by atoms with Gasteiger partial charge in [-0.2, -0.15) is 0 Å². The quantitative estimate of drug-likeness (QED) is 0.0632. The summed E-state index contributed by atoms with van der Waals surface area (Å²) in [5.41, 5.74) is 0. The minimum absolute atomic E-state index is 0. The predicted octanol–water partition coefficient (Wildman–Crippen LogP) is 12.0. The Hall–Kier alpha value is -0.395. The Morgan fingerprint density at radius 3 is 0.581 bits per heavy atom. The van der Waals surface area contributed by atoms with Crippen LogP contribution in [0.1, 0.15) is 213 Å². The second-order valence-corrected chi connectivity index (χ2v) is 11.9. The molecule has 0 amide bonds. The molecule has 0 aliphatic carbocycles. The molecule has 255 valence electrons. The summed E-state index contributed by atoms with van der Waals surface area (Å²) in [4.78, 5) is 30.6. The van der Waals surface area contributed by atoms with E-state index in [4.69, 9.17) is 15.3 Å². The van der Waals surface area contributed by atoms with Gasteiger partial charge in [-0.05, 0) is 19.3 Å². The summed E-state index contributed by atoms with van der Waals surface area (Å²) >= 11 is 0. The van der Waals surface area contributed by atoms with Crippen LogP contribution >= 0.6 is 0 Å². The second-order valence-electron chi connectivity index (χ2n) is 11.9. The Morgan fingerprint density at radius 2 is 0.442 bits per heavy atom. The number of carboxylic acid groups (broad SMARTS) is 3. The van der Waals surface area contributed by atoms with Gasteiger partial charge in [0.05, 0.1) is 0 Å². The molecule has 0 fully saturated rings. The van der Waals surface area contributed by atoms with Gasteiger partial charge in [0.2, 0.25) is 0 Å². The van der Waals surface area contributed by atoms with Gasteiger partial charge in [-0.25, -0.2) is 0 Å². The Morgan fingerprint density at radius 1 is 0.302 bits per heavy atom. The molecule has 0 aromatic carbocycles. The van der Waals surface area contributed by atoms with Crippen LogP contribution in [-0.2, 0) is 14.4 Å². The van der Waals surface area contributed by atoms with Gasteiger partial charge in [0.25, 0.3) is 0 Å². The fraction of sp³-hybridized carbons (Fsp3) is 0.917. The van der Waals surface area contributed by atoms with Gasteiger partial charge in [-0.15, -0.1) is 0 Å². The zero-order chi connectivity index (χ0) is 31.9. The van der Waals surface area contributed by atoms with Gasteiger partial charge in [0.1, 0.15) is 0 Å². The summed E-state index contributed by atoms with van der Waals surface area (Å²) in [7, 11) is 0. The average Bonchev–Trinajstić information content (AvgIpc) is 2.95. The summed E-state index contributed by atoms with van der Waals surface area (Å²) in [6, 6.07) is 0. The smallest absolute Gasteiger partial charge is 0.303 e. The van der Waals surface area contributed by atoms with Crippen molar-refractivity contribution in [3.05, 3.63) is 0 Å². The van der Waals surface area contributed by atoms with Crippen molar-refractivity contribution in [2.75, 3.05) is 0 Å². The van der Waals surface area contributed by atoms with E-state index in [1.165, 1.54) is 135 Å². The maximum absolute atomic E-state index is 10.2. The monoisotopic (exact) mass is 739 g/mol. The van der Waals surface area contributed by atoms with E-state index >= 15 is 0 Å². The van der Waals surface area contributed by atoms with Crippen LogP contribution in [0.3, 0.4) is 0 Å². The third-order valence-corrected chi connectivity index (χ3v) is 7.48. The molecule has 0 heterocycles. The van der Waals surface area contributed by atoms with Crippen molar-refractivity contribution in [1.29, 1.82) is 0 Å². The molecule has 0 aromatic rings. The number of hydrogen-bond acceptors (Lipinski definition) is 3. The van der Waals surface area contributed by atoms with Gasteiger partial charge < -0.3 is 15.3 Å². The fourth-order valence-electron chi connectivity index (χ4n) is 4.76. The van der Waals surface area contributed by atoms with Crippen molar-refractivity contribution >= 4 is 17.9 Å². The van der Waals surface area contributed by atoms with Crippen LogP contribution in [0.25, 0.3) is 0 Å². The van der Waals surface area contributed by atoms with Crippen LogP contribution in [0.2, 0.25) is 0 Å². The minimum Gasteiger partial charge on any atom is -0.481 e. The predicted molar refractivity (Wildman–Crippen MR) is 178 cm³/mol. The first-order valence-electron chi connectivity index (χ1n) is 18.0. The van der Waals surface area contributed by atoms with E-state index in [9.17, 15) is 14.4 Å². The topological polar surface area (TPSA) is 112 Å². The summed E-state index contributed by atoms with van der Waals surface area (Å²) in [5, 5.41) is 25.2. The first-order valence-corrected chi connectivity index (χ1v) is 18.0. The number of aliphatic carboxylic acids is 3. The Bertz CT molecular complexity index is 480. The number of unbranched alkanes of at least 4 members (excludes halogenated alkanes) is 24. The third-order valence-electron chi connectivity index (χ3n) is 7.48. The van der Waals surface area contributed by atoms with Gasteiger partial charge in [0, 0.05) is 54.9 Å². The Labute approximate surface area is 294 Å². The number of carboxylic acids is 3. The van der Waals surface area contributed by atoms with Gasteiger partial charge in [0.15, 0.2) is 0 Å². The molecular formula is C36H72LaO6. The number of carbonyl (C=O) groups is 3. The summed E-state index contributed by atoms with van der Waals surface area (Å²) in [6.45, 7) is 6.68. The van der Waals surface area contributed by atoms with Gasteiger partial charge >= 0.3 is 17.9 Å². The van der Waals surface area contributed by atoms with E-state index in [-0.39, 0.29) is 35.6 Å². The Kier molecular flexibility index (Phi) is 53.0. The molecular weight excluding hydrogens is 667 g/mol. The van der Waals surface area contributed by atoms with Crippen LogP contribution < -0.4 is 0 Å². The first-order chi connectivity index (χ1) is 20.3. The van der Waals surface area contributed by atoms with Crippen molar-refractivity contribution in [2.45, 2.75) is 213 Å². The summed E-state index contributed by atoms with van der Waals surface area (Å²) in [6.07, 6.45) is 34.4. The van der Waals surface area contributed by atoms with Crippen LogP contribution in [0, 0.1) is 35.6 Å². The van der Waals surface area contributed by atoms with Crippen LogP contribution in [0.5, 0.6) is 0 Å². The molecule has 7 heteroatoms. The van der Waals surface area contributed by atoms with Gasteiger partial charge in [-0.1, -0.05) is 175 Å². The fourth-order valence-corrected chi connectivity index (χ4v) is 4.76. The van der Waals surface area contributed by atoms with E-state index in [1.807, 2.05) is 0 Å². The van der Waals surface area contributed by atoms with Crippen molar-refractivity contribution < 1.29 is 65.3 Å². The largest absolute Gasteiger partial charge is 0.481 e. The SMILES string of the molecule is CCCCCCCCCCCC(=O)O.CCCCCCCCCCCC(=O)O.CCCCCCCCCCCC(=O)O.[La]. The third kappa shape index (κ3) is 61.4. The molecule has 43 heavy (non-hydrogen) atoms. The molecule has 0 atom stereocenters. The first kappa shape index (κ1) is 49.5. The van der Waals surface area contributed by atoms with Crippen molar-refractivity contribution in [2.24, 2.45) is 0 Å². The van der Waals surface area contributed by atoms with E-state index < -0.39 is 17.9 Å². The molecule has 0 spiro atoms. The number of rotatable bonds is 30. The minimum atomic E-state index is -0.659. The molecule has 0 aromatic heterocycles. The van der Waals surface area contributed by atoms with Crippen LogP contribution in [0.15, 0.2) is 0 Å². The van der Waals surface area contributed by atoms with Crippen LogP contribution in [-0.4, -0.2) is 33.2 Å². The van der Waals surface area contributed by atoms with Crippen molar-refractivity contribution in [1.82, 2.24) is 0 Å². The number of hydrogen-bond donors (Lipinski definition) is 3. The zero-order valence-electron chi connectivity index (χ0n) is 28.9. The van der Waals surface area contributed by atoms with Crippen LogP contribution in [0.4, 0.5) is 0 Å².